The molecule has 23 heavy (non-hydrogen) atoms. The van der Waals surface area contributed by atoms with E-state index in [-0.39, 0.29) is 0 Å². The van der Waals surface area contributed by atoms with Crippen molar-refractivity contribution in [2.24, 2.45) is 5.41 Å². The molecule has 1 nitrogen and oxygen atoms in total. The average molecular weight is 310 g/mol. The van der Waals surface area contributed by atoms with E-state index >= 15 is 0 Å². The van der Waals surface area contributed by atoms with E-state index in [0.29, 0.717) is 5.41 Å². The highest BCUT2D eigenvalue weighted by Crippen LogP contribution is 2.47. The highest BCUT2D eigenvalue weighted by molar-refractivity contribution is 5.14. The summed E-state index contributed by atoms with van der Waals surface area (Å²) >= 11 is 0. The van der Waals surface area contributed by atoms with Crippen molar-refractivity contribution in [3.63, 3.8) is 0 Å². The largest absolute Gasteiger partial charge is 0.376 e. The highest BCUT2D eigenvalue weighted by Gasteiger charge is 2.40. The van der Waals surface area contributed by atoms with Gasteiger partial charge < -0.3 is 4.74 Å². The van der Waals surface area contributed by atoms with Crippen LogP contribution in [0.15, 0.2) is 59.4 Å². The molecule has 1 aliphatic carbocycles. The molecule has 0 aromatic heterocycles. The molecule has 1 aromatic rings. The Morgan fingerprint density at radius 2 is 1.91 bits per heavy atom. The molecule has 0 saturated heterocycles. The quantitative estimate of drug-likeness (QED) is 0.299. The summed E-state index contributed by atoms with van der Waals surface area (Å²) in [4.78, 5) is 0. The maximum absolute atomic E-state index is 5.92. The zero-order chi connectivity index (χ0) is 16.5. The van der Waals surface area contributed by atoms with Crippen LogP contribution in [0, 0.1) is 5.41 Å². The first-order chi connectivity index (χ1) is 11.1. The normalized spacial score (nSPS) is 15.4. The van der Waals surface area contributed by atoms with Gasteiger partial charge in [-0.25, -0.2) is 0 Å². The van der Waals surface area contributed by atoms with Gasteiger partial charge in [-0.1, -0.05) is 42.5 Å². The minimum Gasteiger partial charge on any atom is -0.376 e. The van der Waals surface area contributed by atoms with Gasteiger partial charge in [-0.15, -0.1) is 5.73 Å². The van der Waals surface area contributed by atoms with Crippen molar-refractivity contribution < 1.29 is 4.74 Å². The molecule has 0 amide bonds. The van der Waals surface area contributed by atoms with Crippen molar-refractivity contribution in [1.82, 2.24) is 0 Å². The smallest absolute Gasteiger partial charge is 0.0717 e. The molecule has 1 aromatic carbocycles. The lowest BCUT2D eigenvalue weighted by molar-refractivity contribution is 0.0926. The topological polar surface area (TPSA) is 9.23 Å². The Morgan fingerprint density at radius 1 is 1.17 bits per heavy atom. The SMILES string of the molecule is CC(C)=C=C(C)CCC/C=C/C1(COCc2ccccc2)CC1. The lowest BCUT2D eigenvalue weighted by Gasteiger charge is -2.11. The summed E-state index contributed by atoms with van der Waals surface area (Å²) in [5, 5.41) is 0. The van der Waals surface area contributed by atoms with Gasteiger partial charge in [0.05, 0.1) is 13.2 Å². The maximum Gasteiger partial charge on any atom is 0.0717 e. The van der Waals surface area contributed by atoms with E-state index in [1.807, 2.05) is 6.07 Å². The number of allylic oxidation sites excluding steroid dienone is 2. The molecule has 0 heterocycles. The standard InChI is InChI=1S/C22H30O/c1-19(2)16-20(3)10-6-5-9-13-22(14-15-22)18-23-17-21-11-7-4-8-12-21/h4,7-9,11-13H,5-6,10,14-15,17-18H2,1-3H3/b13-9+. The molecule has 2 rings (SSSR count). The van der Waals surface area contributed by atoms with Crippen LogP contribution in [0.5, 0.6) is 0 Å². The summed E-state index contributed by atoms with van der Waals surface area (Å²) in [6.07, 6.45) is 10.8. The van der Waals surface area contributed by atoms with Gasteiger partial charge in [0.1, 0.15) is 0 Å². The molecule has 0 radical (unpaired) electrons. The molecule has 0 bridgehead atoms. The minimum absolute atomic E-state index is 0.333. The predicted octanol–water partition coefficient (Wildman–Crippen LogP) is 6.22. The summed E-state index contributed by atoms with van der Waals surface area (Å²) in [5.74, 6) is 0. The second-order valence-corrected chi connectivity index (χ2v) is 7.04. The van der Waals surface area contributed by atoms with Crippen molar-refractivity contribution in [3.05, 3.63) is 64.9 Å². The van der Waals surface area contributed by atoms with Gasteiger partial charge >= 0.3 is 0 Å². The van der Waals surface area contributed by atoms with Crippen molar-refractivity contribution in [2.45, 2.75) is 59.5 Å². The third-order valence-electron chi connectivity index (χ3n) is 4.25. The number of rotatable bonds is 9. The van der Waals surface area contributed by atoms with Gasteiger partial charge in [-0.2, -0.15) is 0 Å². The van der Waals surface area contributed by atoms with Gasteiger partial charge in [0, 0.05) is 5.41 Å². The van der Waals surface area contributed by atoms with Crippen molar-refractivity contribution in [2.75, 3.05) is 6.61 Å². The predicted molar refractivity (Wildman–Crippen MR) is 98.3 cm³/mol. The lowest BCUT2D eigenvalue weighted by atomic mass is 10.1. The number of ether oxygens (including phenoxy) is 1. The van der Waals surface area contributed by atoms with E-state index < -0.39 is 0 Å². The molecule has 0 spiro atoms. The fraction of sp³-hybridized carbons (Fsp3) is 0.500. The van der Waals surface area contributed by atoms with Crippen molar-refractivity contribution >= 4 is 0 Å². The summed E-state index contributed by atoms with van der Waals surface area (Å²) in [7, 11) is 0. The fourth-order valence-electron chi connectivity index (χ4n) is 2.77. The third kappa shape index (κ3) is 7.03. The molecule has 1 saturated carbocycles. The zero-order valence-corrected chi connectivity index (χ0v) is 14.9. The molecule has 0 N–H and O–H groups in total. The molecule has 0 aliphatic heterocycles. The van der Waals surface area contributed by atoms with Gasteiger partial charge in [-0.3, -0.25) is 0 Å². The maximum atomic E-state index is 5.92. The zero-order valence-electron chi connectivity index (χ0n) is 14.9. The number of hydrogen-bond acceptors (Lipinski definition) is 1. The van der Waals surface area contributed by atoms with Gasteiger partial charge in [0.25, 0.3) is 0 Å². The Balaban J connectivity index is 1.65. The van der Waals surface area contributed by atoms with Gasteiger partial charge in [-0.05, 0) is 69.6 Å². The number of hydrogen-bond donors (Lipinski definition) is 0. The number of benzene rings is 1. The van der Waals surface area contributed by atoms with Gasteiger partial charge in [0.2, 0.25) is 0 Å². The minimum atomic E-state index is 0.333. The molecule has 1 aliphatic rings. The molecular formula is C22H30O. The van der Waals surface area contributed by atoms with Crippen LogP contribution in [0.3, 0.4) is 0 Å². The van der Waals surface area contributed by atoms with Crippen LogP contribution in [0.25, 0.3) is 0 Å². The first kappa shape index (κ1) is 17.8. The van der Waals surface area contributed by atoms with Crippen LogP contribution in [-0.4, -0.2) is 6.61 Å². The Kier molecular flexibility index (Phi) is 6.89. The number of unbranched alkanes of at least 4 members (excludes halogenated alkanes) is 1. The fourth-order valence-corrected chi connectivity index (χ4v) is 2.77. The lowest BCUT2D eigenvalue weighted by Crippen LogP contribution is -2.07. The Labute approximate surface area is 141 Å². The molecule has 124 valence electrons. The van der Waals surface area contributed by atoms with E-state index in [4.69, 9.17) is 4.74 Å². The molecule has 1 fully saturated rings. The Morgan fingerprint density at radius 3 is 2.57 bits per heavy atom. The van der Waals surface area contributed by atoms with Gasteiger partial charge in [0.15, 0.2) is 0 Å². The second-order valence-electron chi connectivity index (χ2n) is 7.04. The van der Waals surface area contributed by atoms with E-state index in [9.17, 15) is 0 Å². The molecule has 1 heteroatoms. The summed E-state index contributed by atoms with van der Waals surface area (Å²) < 4.78 is 5.92. The summed E-state index contributed by atoms with van der Waals surface area (Å²) in [6, 6.07) is 10.4. The molecule has 0 unspecified atom stereocenters. The van der Waals surface area contributed by atoms with E-state index in [0.717, 1.165) is 26.1 Å². The first-order valence-electron chi connectivity index (χ1n) is 8.79. The molecular weight excluding hydrogens is 280 g/mol. The second kappa shape index (κ2) is 8.91. The van der Waals surface area contributed by atoms with Crippen molar-refractivity contribution in [3.8, 4) is 0 Å². The van der Waals surface area contributed by atoms with Crippen LogP contribution < -0.4 is 0 Å². The Hall–Kier alpha value is -1.56. The third-order valence-corrected chi connectivity index (χ3v) is 4.25. The van der Waals surface area contributed by atoms with Crippen LogP contribution in [0.2, 0.25) is 0 Å². The Bertz CT molecular complexity index is 565. The van der Waals surface area contributed by atoms with E-state index in [2.05, 4.69) is 62.9 Å². The highest BCUT2D eigenvalue weighted by atomic mass is 16.5. The monoisotopic (exact) mass is 310 g/mol. The van der Waals surface area contributed by atoms with Crippen LogP contribution in [0.4, 0.5) is 0 Å². The first-order valence-corrected chi connectivity index (χ1v) is 8.79. The summed E-state index contributed by atoms with van der Waals surface area (Å²) in [6.45, 7) is 7.97. The van der Waals surface area contributed by atoms with E-state index in [1.54, 1.807) is 0 Å². The average Bonchev–Trinajstić information content (AvgIpc) is 3.27. The van der Waals surface area contributed by atoms with E-state index in [1.165, 1.54) is 36.0 Å². The van der Waals surface area contributed by atoms with Crippen molar-refractivity contribution in [1.29, 1.82) is 0 Å². The van der Waals surface area contributed by atoms with Crippen LogP contribution in [0.1, 0.15) is 58.4 Å². The van der Waals surface area contributed by atoms with Crippen LogP contribution >= 0.6 is 0 Å². The van der Waals surface area contributed by atoms with Crippen LogP contribution in [-0.2, 0) is 11.3 Å². The molecule has 0 atom stereocenters. The summed E-state index contributed by atoms with van der Waals surface area (Å²) in [5.41, 5.74) is 7.62.